The van der Waals surface area contributed by atoms with Crippen molar-refractivity contribution in [1.82, 2.24) is 15.5 Å². The Morgan fingerprint density at radius 1 is 1.09 bits per heavy atom. The fourth-order valence-electron chi connectivity index (χ4n) is 4.38. The largest absolute Gasteiger partial charge is 0.352 e. The van der Waals surface area contributed by atoms with Gasteiger partial charge in [0.05, 0.1) is 17.1 Å². The highest BCUT2D eigenvalue weighted by atomic mass is 32.2. The number of carbonyl (C=O) groups is 1. The summed E-state index contributed by atoms with van der Waals surface area (Å²) < 4.78 is 28.5. The van der Waals surface area contributed by atoms with Crippen molar-refractivity contribution in [3.63, 3.8) is 0 Å². The van der Waals surface area contributed by atoms with Crippen molar-refractivity contribution in [2.45, 2.75) is 89.5 Å². The smallest absolute Gasteiger partial charge is 0.268 e. The molecule has 1 aromatic carbocycles. The lowest BCUT2D eigenvalue weighted by Crippen LogP contribution is -2.44. The van der Waals surface area contributed by atoms with E-state index in [2.05, 4.69) is 29.4 Å². The lowest BCUT2D eigenvalue weighted by atomic mass is 9.97. The Bertz CT molecular complexity index is 985. The van der Waals surface area contributed by atoms with Gasteiger partial charge in [-0.15, -0.1) is 0 Å². The number of nitrogens with one attached hydrogen (secondary N) is 2. The van der Waals surface area contributed by atoms with Gasteiger partial charge in [0.25, 0.3) is 10.0 Å². The molecule has 0 saturated heterocycles. The molecule has 0 spiro atoms. The van der Waals surface area contributed by atoms with Crippen molar-refractivity contribution in [3.8, 4) is 0 Å². The molecule has 2 N–H and O–H groups in total. The SMILES string of the molecule is Cc1n[nH]c(C)c1S(=O)(=O)N(CC(=O)NC1CCCCCCC1)c1ccc(C(C)C)cc1. The first-order chi connectivity index (χ1) is 15.2. The number of aromatic nitrogens is 2. The van der Waals surface area contributed by atoms with E-state index in [1.165, 1.54) is 23.6 Å². The van der Waals surface area contributed by atoms with E-state index in [0.717, 1.165) is 31.2 Å². The molecule has 1 aliphatic rings. The second-order valence-corrected chi connectivity index (χ2v) is 10.9. The van der Waals surface area contributed by atoms with Crippen LogP contribution in [0, 0.1) is 13.8 Å². The fraction of sp³-hybridized carbons (Fsp3) is 0.583. The number of H-pyrrole nitrogens is 1. The lowest BCUT2D eigenvalue weighted by Gasteiger charge is -2.27. The summed E-state index contributed by atoms with van der Waals surface area (Å²) in [6, 6.07) is 7.50. The van der Waals surface area contributed by atoms with E-state index in [4.69, 9.17) is 0 Å². The van der Waals surface area contributed by atoms with Gasteiger partial charge in [0.2, 0.25) is 5.91 Å². The number of anilines is 1. The first-order valence-electron chi connectivity index (χ1n) is 11.6. The Balaban J connectivity index is 1.89. The van der Waals surface area contributed by atoms with Crippen LogP contribution in [-0.2, 0) is 14.8 Å². The summed E-state index contributed by atoms with van der Waals surface area (Å²) >= 11 is 0. The average Bonchev–Trinajstić information content (AvgIpc) is 3.07. The molecule has 2 aromatic rings. The molecule has 0 atom stereocenters. The van der Waals surface area contributed by atoms with Crippen molar-refractivity contribution < 1.29 is 13.2 Å². The second kappa shape index (κ2) is 10.5. The van der Waals surface area contributed by atoms with E-state index in [-0.39, 0.29) is 23.4 Å². The Morgan fingerprint density at radius 2 is 1.69 bits per heavy atom. The Kier molecular flexibility index (Phi) is 7.98. The van der Waals surface area contributed by atoms with Gasteiger partial charge in [-0.1, -0.05) is 58.1 Å². The molecule has 1 aliphatic carbocycles. The van der Waals surface area contributed by atoms with Crippen LogP contribution in [0.25, 0.3) is 0 Å². The van der Waals surface area contributed by atoms with Crippen LogP contribution in [0.2, 0.25) is 0 Å². The van der Waals surface area contributed by atoms with E-state index in [1.54, 1.807) is 26.0 Å². The molecule has 8 heteroatoms. The third-order valence-electron chi connectivity index (χ3n) is 6.21. The maximum absolute atomic E-state index is 13.7. The molecule has 1 amide bonds. The number of rotatable bonds is 7. The number of hydrogen-bond acceptors (Lipinski definition) is 4. The monoisotopic (exact) mass is 460 g/mol. The summed E-state index contributed by atoms with van der Waals surface area (Å²) in [7, 11) is -3.98. The molecule has 32 heavy (non-hydrogen) atoms. The quantitative estimate of drug-likeness (QED) is 0.632. The van der Waals surface area contributed by atoms with Crippen molar-refractivity contribution in [2.24, 2.45) is 0 Å². The number of nitrogens with zero attached hydrogens (tertiary/aromatic N) is 2. The van der Waals surface area contributed by atoms with Crippen molar-refractivity contribution in [3.05, 3.63) is 41.2 Å². The zero-order valence-corrected chi connectivity index (χ0v) is 20.5. The van der Waals surface area contributed by atoms with Crippen LogP contribution in [0.1, 0.15) is 81.7 Å². The lowest BCUT2D eigenvalue weighted by molar-refractivity contribution is -0.120. The molecule has 1 saturated carbocycles. The van der Waals surface area contributed by atoms with Gasteiger partial charge in [-0.2, -0.15) is 5.10 Å². The van der Waals surface area contributed by atoms with Gasteiger partial charge >= 0.3 is 0 Å². The van der Waals surface area contributed by atoms with E-state index in [1.807, 2.05) is 12.1 Å². The standard InChI is InChI=1S/C24H36N4O3S/c1-17(2)20-12-14-22(15-13-20)28(32(30,31)24-18(3)26-27-19(24)4)16-23(29)25-21-10-8-6-5-7-9-11-21/h12-15,17,21H,5-11,16H2,1-4H3,(H,25,29)(H,26,27). The maximum atomic E-state index is 13.7. The van der Waals surface area contributed by atoms with Crippen LogP contribution in [0.15, 0.2) is 29.2 Å². The number of aryl methyl sites for hydroxylation is 2. The third-order valence-corrected chi connectivity index (χ3v) is 8.25. The first kappa shape index (κ1) is 24.3. The molecule has 1 aromatic heterocycles. The van der Waals surface area contributed by atoms with E-state index in [9.17, 15) is 13.2 Å². The Hall–Kier alpha value is -2.35. The van der Waals surface area contributed by atoms with E-state index < -0.39 is 10.0 Å². The minimum absolute atomic E-state index is 0.105. The predicted molar refractivity (Wildman–Crippen MR) is 127 cm³/mol. The van der Waals surface area contributed by atoms with E-state index >= 15 is 0 Å². The van der Waals surface area contributed by atoms with Gasteiger partial charge in [-0.05, 0) is 50.3 Å². The van der Waals surface area contributed by atoms with Gasteiger partial charge in [-0.25, -0.2) is 8.42 Å². The van der Waals surface area contributed by atoms with Crippen LogP contribution in [0.5, 0.6) is 0 Å². The zero-order chi connectivity index (χ0) is 23.3. The Morgan fingerprint density at radius 3 is 2.22 bits per heavy atom. The summed E-state index contributed by atoms with van der Waals surface area (Å²) in [5.41, 5.74) is 2.45. The van der Waals surface area contributed by atoms with Crippen molar-refractivity contribution in [1.29, 1.82) is 0 Å². The van der Waals surface area contributed by atoms with Gasteiger partial charge in [0.1, 0.15) is 11.4 Å². The predicted octanol–water partition coefficient (Wildman–Crippen LogP) is 4.57. The highest BCUT2D eigenvalue weighted by Crippen LogP contribution is 2.28. The summed E-state index contributed by atoms with van der Waals surface area (Å²) in [5, 5.41) is 9.90. The van der Waals surface area contributed by atoms with Crippen molar-refractivity contribution in [2.75, 3.05) is 10.8 Å². The normalized spacial score (nSPS) is 15.9. The highest BCUT2D eigenvalue weighted by molar-refractivity contribution is 7.93. The number of aromatic amines is 1. The second-order valence-electron chi connectivity index (χ2n) is 9.13. The Labute approximate surface area is 192 Å². The molecule has 1 fully saturated rings. The maximum Gasteiger partial charge on any atom is 0.268 e. The topological polar surface area (TPSA) is 95.2 Å². The molecule has 0 unspecified atom stereocenters. The minimum Gasteiger partial charge on any atom is -0.352 e. The number of hydrogen-bond donors (Lipinski definition) is 2. The van der Waals surface area contributed by atoms with E-state index in [0.29, 0.717) is 23.0 Å². The molecule has 7 nitrogen and oxygen atoms in total. The van der Waals surface area contributed by atoms with Gasteiger partial charge in [-0.3, -0.25) is 14.2 Å². The number of sulfonamides is 1. The first-order valence-corrected chi connectivity index (χ1v) is 13.1. The number of benzene rings is 1. The molecule has 1 heterocycles. The molecular formula is C24H36N4O3S. The summed E-state index contributed by atoms with van der Waals surface area (Å²) in [5.74, 6) is 0.0565. The molecule has 3 rings (SSSR count). The fourth-order valence-corrected chi connectivity index (χ4v) is 6.13. The highest BCUT2D eigenvalue weighted by Gasteiger charge is 2.32. The van der Waals surface area contributed by atoms with Crippen LogP contribution >= 0.6 is 0 Å². The molecule has 0 aliphatic heterocycles. The third kappa shape index (κ3) is 5.71. The molecule has 0 bridgehead atoms. The van der Waals surface area contributed by atoms with Crippen LogP contribution in [0.4, 0.5) is 5.69 Å². The van der Waals surface area contributed by atoms with Crippen molar-refractivity contribution >= 4 is 21.6 Å². The average molecular weight is 461 g/mol. The molecule has 0 radical (unpaired) electrons. The zero-order valence-electron chi connectivity index (χ0n) is 19.6. The summed E-state index contributed by atoms with van der Waals surface area (Å²) in [6.45, 7) is 7.25. The number of carbonyl (C=O) groups excluding carboxylic acids is 1. The van der Waals surface area contributed by atoms with Gasteiger partial charge in [0.15, 0.2) is 0 Å². The molecule has 176 valence electrons. The van der Waals surface area contributed by atoms with Gasteiger partial charge < -0.3 is 5.32 Å². The van der Waals surface area contributed by atoms with Crippen LogP contribution < -0.4 is 9.62 Å². The summed E-state index contributed by atoms with van der Waals surface area (Å²) in [4.78, 5) is 13.1. The van der Waals surface area contributed by atoms with Gasteiger partial charge in [0, 0.05) is 6.04 Å². The molecular weight excluding hydrogens is 424 g/mol. The summed E-state index contributed by atoms with van der Waals surface area (Å²) in [6.07, 6.45) is 7.71. The number of amides is 1. The minimum atomic E-state index is -3.98. The van der Waals surface area contributed by atoms with Crippen LogP contribution in [0.3, 0.4) is 0 Å². The van der Waals surface area contributed by atoms with Crippen LogP contribution in [-0.4, -0.2) is 37.1 Å².